The largest absolute Gasteiger partial charge is 0.497 e. The minimum atomic E-state index is -3.58. The van der Waals surface area contributed by atoms with E-state index in [9.17, 15) is 8.42 Å². The molecule has 8 heteroatoms. The Kier molecular flexibility index (Phi) is 5.74. The molecule has 1 aromatic rings. The second kappa shape index (κ2) is 7.35. The van der Waals surface area contributed by atoms with Crippen LogP contribution < -0.4 is 15.2 Å². The van der Waals surface area contributed by atoms with Crippen molar-refractivity contribution >= 4 is 27.5 Å². The standard InChI is InChI=1S/C13H21N3O3S2/c1-19-11-2-3-13(12(14)10-11)21(17,18)15-4-5-16-6-8-20-9-7-16/h2-3,10,15H,4-9,14H2,1H3. The Morgan fingerprint density at radius 1 is 1.38 bits per heavy atom. The maximum absolute atomic E-state index is 12.2. The molecule has 3 N–H and O–H groups in total. The normalized spacial score (nSPS) is 16.8. The Bertz CT molecular complexity index is 572. The highest BCUT2D eigenvalue weighted by atomic mass is 32.2. The number of anilines is 1. The van der Waals surface area contributed by atoms with Gasteiger partial charge in [-0.3, -0.25) is 0 Å². The number of rotatable bonds is 6. The first kappa shape index (κ1) is 16.4. The van der Waals surface area contributed by atoms with E-state index in [1.165, 1.54) is 19.2 Å². The van der Waals surface area contributed by atoms with Crippen molar-refractivity contribution in [1.82, 2.24) is 9.62 Å². The van der Waals surface area contributed by atoms with Crippen LogP contribution in [0, 0.1) is 0 Å². The molecule has 0 spiro atoms. The summed E-state index contributed by atoms with van der Waals surface area (Å²) in [5.41, 5.74) is 5.98. The second-order valence-corrected chi connectivity index (χ2v) is 7.72. The van der Waals surface area contributed by atoms with Crippen LogP contribution >= 0.6 is 11.8 Å². The van der Waals surface area contributed by atoms with E-state index in [1.807, 2.05) is 11.8 Å². The molecule has 0 bridgehead atoms. The first-order valence-corrected chi connectivity index (χ1v) is 9.40. The van der Waals surface area contributed by atoms with Gasteiger partial charge in [-0.05, 0) is 12.1 Å². The van der Waals surface area contributed by atoms with Crippen molar-refractivity contribution in [3.63, 3.8) is 0 Å². The number of ether oxygens (including phenoxy) is 1. The molecule has 1 saturated heterocycles. The minimum Gasteiger partial charge on any atom is -0.497 e. The summed E-state index contributed by atoms with van der Waals surface area (Å²) in [5.74, 6) is 2.76. The van der Waals surface area contributed by atoms with Crippen LogP contribution in [-0.4, -0.2) is 58.1 Å². The predicted molar refractivity (Wildman–Crippen MR) is 86.4 cm³/mol. The molecule has 0 aliphatic carbocycles. The topological polar surface area (TPSA) is 84.7 Å². The molecule has 1 aliphatic rings. The van der Waals surface area contributed by atoms with Crippen LogP contribution in [0.3, 0.4) is 0 Å². The zero-order chi connectivity index (χ0) is 15.3. The fraction of sp³-hybridized carbons (Fsp3) is 0.538. The summed E-state index contributed by atoms with van der Waals surface area (Å²) in [5, 5.41) is 0. The molecule has 21 heavy (non-hydrogen) atoms. The molecule has 6 nitrogen and oxygen atoms in total. The van der Waals surface area contributed by atoms with Gasteiger partial charge in [-0.1, -0.05) is 0 Å². The van der Waals surface area contributed by atoms with Gasteiger partial charge in [0.05, 0.1) is 12.8 Å². The number of nitrogens with two attached hydrogens (primary N) is 1. The zero-order valence-electron chi connectivity index (χ0n) is 12.0. The van der Waals surface area contributed by atoms with Crippen molar-refractivity contribution in [1.29, 1.82) is 0 Å². The van der Waals surface area contributed by atoms with Gasteiger partial charge in [-0.2, -0.15) is 11.8 Å². The fourth-order valence-electron chi connectivity index (χ4n) is 2.14. The van der Waals surface area contributed by atoms with Crippen LogP contribution in [0.4, 0.5) is 5.69 Å². The average molecular weight is 331 g/mol. The molecule has 0 radical (unpaired) electrons. The van der Waals surface area contributed by atoms with Crippen LogP contribution in [0.2, 0.25) is 0 Å². The molecule has 0 aromatic heterocycles. The Morgan fingerprint density at radius 3 is 2.71 bits per heavy atom. The SMILES string of the molecule is COc1ccc(S(=O)(=O)NCCN2CCSCC2)c(N)c1. The lowest BCUT2D eigenvalue weighted by molar-refractivity contribution is 0.307. The first-order valence-electron chi connectivity index (χ1n) is 6.76. The summed E-state index contributed by atoms with van der Waals surface area (Å²) in [6.07, 6.45) is 0. The van der Waals surface area contributed by atoms with Crippen molar-refractivity contribution < 1.29 is 13.2 Å². The molecule has 1 fully saturated rings. The molecule has 1 aromatic carbocycles. The van der Waals surface area contributed by atoms with Crippen LogP contribution in [0.1, 0.15) is 0 Å². The van der Waals surface area contributed by atoms with Gasteiger partial charge < -0.3 is 15.4 Å². The van der Waals surface area contributed by atoms with Crippen LogP contribution in [0.5, 0.6) is 5.75 Å². The maximum Gasteiger partial charge on any atom is 0.242 e. The molecule has 2 rings (SSSR count). The predicted octanol–water partition coefficient (Wildman–Crippen LogP) is 0.605. The smallest absolute Gasteiger partial charge is 0.242 e. The van der Waals surface area contributed by atoms with E-state index in [2.05, 4.69) is 9.62 Å². The molecule has 0 saturated carbocycles. The molecule has 0 unspecified atom stereocenters. The van der Waals surface area contributed by atoms with Crippen LogP contribution in [-0.2, 0) is 10.0 Å². The van der Waals surface area contributed by atoms with Crippen molar-refractivity contribution in [2.75, 3.05) is 50.5 Å². The number of thioether (sulfide) groups is 1. The zero-order valence-corrected chi connectivity index (χ0v) is 13.7. The van der Waals surface area contributed by atoms with E-state index in [4.69, 9.17) is 10.5 Å². The van der Waals surface area contributed by atoms with E-state index in [0.717, 1.165) is 31.1 Å². The Labute approximate surface area is 130 Å². The number of methoxy groups -OCH3 is 1. The lowest BCUT2D eigenvalue weighted by atomic mass is 10.3. The number of nitrogens with one attached hydrogen (secondary N) is 1. The number of nitrogens with zero attached hydrogens (tertiary/aromatic N) is 1. The van der Waals surface area contributed by atoms with Crippen LogP contribution in [0.25, 0.3) is 0 Å². The van der Waals surface area contributed by atoms with Gasteiger partial charge in [-0.15, -0.1) is 0 Å². The highest BCUT2D eigenvalue weighted by Crippen LogP contribution is 2.23. The summed E-state index contributed by atoms with van der Waals surface area (Å²) < 4.78 is 32.1. The molecule has 0 amide bonds. The molecular weight excluding hydrogens is 310 g/mol. The summed E-state index contributed by atoms with van der Waals surface area (Å²) in [6, 6.07) is 4.57. The number of benzene rings is 1. The molecular formula is C13H21N3O3S2. The van der Waals surface area contributed by atoms with Crippen LogP contribution in [0.15, 0.2) is 23.1 Å². The lowest BCUT2D eigenvalue weighted by Gasteiger charge is -2.26. The van der Waals surface area contributed by atoms with E-state index in [1.54, 1.807) is 6.07 Å². The number of hydrogen-bond donors (Lipinski definition) is 2. The van der Waals surface area contributed by atoms with Gasteiger partial charge in [0.2, 0.25) is 10.0 Å². The molecule has 1 aliphatic heterocycles. The number of hydrogen-bond acceptors (Lipinski definition) is 6. The summed E-state index contributed by atoms with van der Waals surface area (Å²) >= 11 is 1.93. The quantitative estimate of drug-likeness (QED) is 0.743. The lowest BCUT2D eigenvalue weighted by Crippen LogP contribution is -2.39. The molecule has 0 atom stereocenters. The van der Waals surface area contributed by atoms with Crippen molar-refractivity contribution in [3.8, 4) is 5.75 Å². The monoisotopic (exact) mass is 331 g/mol. The Balaban J connectivity index is 1.94. The molecule has 1 heterocycles. The van der Waals surface area contributed by atoms with Gasteiger partial charge in [0.25, 0.3) is 0 Å². The molecule has 118 valence electrons. The third-order valence-electron chi connectivity index (χ3n) is 3.33. The van der Waals surface area contributed by atoms with Gasteiger partial charge >= 0.3 is 0 Å². The minimum absolute atomic E-state index is 0.0949. The van der Waals surface area contributed by atoms with Gasteiger partial charge in [0, 0.05) is 43.8 Å². The third kappa shape index (κ3) is 4.50. The summed E-state index contributed by atoms with van der Waals surface area (Å²) in [4.78, 5) is 2.36. The summed E-state index contributed by atoms with van der Waals surface area (Å²) in [6.45, 7) is 3.13. The fourth-order valence-corrected chi connectivity index (χ4v) is 4.25. The first-order chi connectivity index (χ1) is 10.0. The van der Waals surface area contributed by atoms with Gasteiger partial charge in [0.1, 0.15) is 10.6 Å². The van der Waals surface area contributed by atoms with E-state index in [0.29, 0.717) is 12.3 Å². The second-order valence-electron chi connectivity index (χ2n) is 4.76. The Morgan fingerprint density at radius 2 is 2.10 bits per heavy atom. The Hall–Kier alpha value is -0.960. The van der Waals surface area contributed by atoms with Crippen molar-refractivity contribution in [2.45, 2.75) is 4.90 Å². The number of sulfonamides is 1. The van der Waals surface area contributed by atoms with Gasteiger partial charge in [0.15, 0.2) is 0 Å². The number of nitrogen functional groups attached to an aromatic ring is 1. The van der Waals surface area contributed by atoms with Gasteiger partial charge in [-0.25, -0.2) is 13.1 Å². The van der Waals surface area contributed by atoms with Crippen molar-refractivity contribution in [2.24, 2.45) is 0 Å². The highest BCUT2D eigenvalue weighted by molar-refractivity contribution is 7.99. The van der Waals surface area contributed by atoms with E-state index < -0.39 is 10.0 Å². The van der Waals surface area contributed by atoms with Crippen molar-refractivity contribution in [3.05, 3.63) is 18.2 Å². The maximum atomic E-state index is 12.2. The highest BCUT2D eigenvalue weighted by Gasteiger charge is 2.18. The summed E-state index contributed by atoms with van der Waals surface area (Å²) in [7, 11) is -2.07. The van der Waals surface area contributed by atoms with E-state index >= 15 is 0 Å². The van der Waals surface area contributed by atoms with E-state index in [-0.39, 0.29) is 10.6 Å². The average Bonchev–Trinajstić information content (AvgIpc) is 2.47. The third-order valence-corrected chi connectivity index (χ3v) is 5.81.